The Balaban J connectivity index is 2.71. The molecule has 0 fully saturated rings. The van der Waals surface area contributed by atoms with Crippen LogP contribution < -0.4 is 5.32 Å². The van der Waals surface area contributed by atoms with Gasteiger partial charge in [0, 0.05) is 24.1 Å². The van der Waals surface area contributed by atoms with Gasteiger partial charge in [-0.1, -0.05) is 48.8 Å². The Labute approximate surface area is 120 Å². The van der Waals surface area contributed by atoms with Crippen molar-refractivity contribution in [3.63, 3.8) is 0 Å². The smallest absolute Gasteiger partial charge is 0.0244 e. The summed E-state index contributed by atoms with van der Waals surface area (Å²) in [6.45, 7) is 11.0. The molecule has 0 aliphatic heterocycles. The van der Waals surface area contributed by atoms with Crippen molar-refractivity contribution in [1.29, 1.82) is 0 Å². The third kappa shape index (κ3) is 5.09. The maximum Gasteiger partial charge on any atom is 0.0244 e. The number of hydrogen-bond donors (Lipinski definition) is 1. The summed E-state index contributed by atoms with van der Waals surface area (Å²) in [7, 11) is 1.98. The van der Waals surface area contributed by atoms with E-state index in [1.165, 1.54) is 15.6 Å². The molecule has 0 saturated carbocycles. The molecule has 0 atom stereocenters. The summed E-state index contributed by atoms with van der Waals surface area (Å²) in [6, 6.07) is 6.66. The van der Waals surface area contributed by atoms with Crippen LogP contribution in [0.2, 0.25) is 0 Å². The molecule has 0 aromatic heterocycles. The molecule has 0 radical (unpaired) electrons. The Kier molecular flexibility index (Phi) is 6.90. The molecular formula is C15H25BrN2. The third-order valence-electron chi connectivity index (χ3n) is 2.96. The zero-order valence-electron chi connectivity index (χ0n) is 12.0. The van der Waals surface area contributed by atoms with Crippen LogP contribution >= 0.6 is 15.9 Å². The number of halogens is 1. The molecule has 0 spiro atoms. The minimum absolute atomic E-state index is 0.715. The molecule has 0 bridgehead atoms. The summed E-state index contributed by atoms with van der Waals surface area (Å²) < 4.78 is 1.22. The molecule has 0 unspecified atom stereocenters. The first-order valence-electron chi connectivity index (χ1n) is 6.71. The molecule has 18 heavy (non-hydrogen) atoms. The van der Waals surface area contributed by atoms with Gasteiger partial charge >= 0.3 is 0 Å². The molecule has 102 valence electrons. The quantitative estimate of drug-likeness (QED) is 0.827. The van der Waals surface area contributed by atoms with Crippen LogP contribution in [0.1, 0.15) is 31.9 Å². The first-order chi connectivity index (χ1) is 8.56. The van der Waals surface area contributed by atoms with Gasteiger partial charge in [-0.05, 0) is 36.7 Å². The number of nitrogens with one attached hydrogen (secondary N) is 1. The molecule has 1 aromatic carbocycles. The molecule has 1 N–H and O–H groups in total. The Hall–Kier alpha value is -0.380. The van der Waals surface area contributed by atoms with Crippen molar-refractivity contribution in [2.24, 2.45) is 5.92 Å². The lowest BCUT2D eigenvalue weighted by Gasteiger charge is -2.23. The van der Waals surface area contributed by atoms with Crippen molar-refractivity contribution in [2.45, 2.75) is 33.9 Å². The van der Waals surface area contributed by atoms with Crippen molar-refractivity contribution in [2.75, 3.05) is 20.1 Å². The van der Waals surface area contributed by atoms with E-state index < -0.39 is 0 Å². The second kappa shape index (κ2) is 7.93. The minimum Gasteiger partial charge on any atom is -0.316 e. The maximum atomic E-state index is 3.69. The zero-order chi connectivity index (χ0) is 13.5. The van der Waals surface area contributed by atoms with Gasteiger partial charge in [0.25, 0.3) is 0 Å². The third-order valence-corrected chi connectivity index (χ3v) is 3.70. The molecular weight excluding hydrogens is 288 g/mol. The van der Waals surface area contributed by atoms with Gasteiger partial charge in [0.2, 0.25) is 0 Å². The molecule has 0 aliphatic carbocycles. The van der Waals surface area contributed by atoms with Crippen molar-refractivity contribution in [3.8, 4) is 0 Å². The summed E-state index contributed by atoms with van der Waals surface area (Å²) in [4.78, 5) is 2.49. The first kappa shape index (κ1) is 15.7. The Bertz CT molecular complexity index is 364. The fourth-order valence-electron chi connectivity index (χ4n) is 2.10. The van der Waals surface area contributed by atoms with Gasteiger partial charge in [-0.15, -0.1) is 0 Å². The molecule has 0 saturated heterocycles. The molecule has 3 heteroatoms. The number of hydrogen-bond acceptors (Lipinski definition) is 2. The van der Waals surface area contributed by atoms with Crippen LogP contribution in [0, 0.1) is 5.92 Å². The van der Waals surface area contributed by atoms with Crippen LogP contribution in [0.15, 0.2) is 22.7 Å². The Morgan fingerprint density at radius 3 is 2.56 bits per heavy atom. The standard InChI is InChI=1S/C15H25BrN2/c1-5-18(10-12(2)3)11-14-7-6-13(9-17-4)8-15(14)16/h6-8,12,17H,5,9-11H2,1-4H3. The fraction of sp³-hybridized carbons (Fsp3) is 0.600. The van der Waals surface area contributed by atoms with Crippen LogP contribution in [0.4, 0.5) is 0 Å². The van der Waals surface area contributed by atoms with E-state index in [0.29, 0.717) is 5.92 Å². The number of rotatable bonds is 7. The predicted octanol–water partition coefficient (Wildman–Crippen LogP) is 3.65. The molecule has 1 aromatic rings. The summed E-state index contributed by atoms with van der Waals surface area (Å²) in [6.07, 6.45) is 0. The van der Waals surface area contributed by atoms with Gasteiger partial charge < -0.3 is 5.32 Å². The average molecular weight is 313 g/mol. The largest absolute Gasteiger partial charge is 0.316 e. The van der Waals surface area contributed by atoms with Crippen molar-refractivity contribution in [3.05, 3.63) is 33.8 Å². The Morgan fingerprint density at radius 2 is 2.06 bits per heavy atom. The predicted molar refractivity (Wildman–Crippen MR) is 82.7 cm³/mol. The fourth-order valence-corrected chi connectivity index (χ4v) is 2.65. The van der Waals surface area contributed by atoms with E-state index in [-0.39, 0.29) is 0 Å². The van der Waals surface area contributed by atoms with E-state index in [2.05, 4.69) is 65.1 Å². The van der Waals surface area contributed by atoms with E-state index in [0.717, 1.165) is 26.2 Å². The summed E-state index contributed by atoms with van der Waals surface area (Å²) in [5, 5.41) is 3.18. The van der Waals surface area contributed by atoms with Crippen LogP contribution in [0.3, 0.4) is 0 Å². The van der Waals surface area contributed by atoms with E-state index in [1.807, 2.05) is 7.05 Å². The van der Waals surface area contributed by atoms with Gasteiger partial charge in [-0.25, -0.2) is 0 Å². The highest BCUT2D eigenvalue weighted by atomic mass is 79.9. The minimum atomic E-state index is 0.715. The molecule has 1 rings (SSSR count). The van der Waals surface area contributed by atoms with Crippen LogP contribution in [-0.4, -0.2) is 25.0 Å². The lowest BCUT2D eigenvalue weighted by Crippen LogP contribution is -2.27. The van der Waals surface area contributed by atoms with Gasteiger partial charge in [-0.3, -0.25) is 4.90 Å². The molecule has 0 heterocycles. The number of benzene rings is 1. The van der Waals surface area contributed by atoms with Gasteiger partial charge in [0.1, 0.15) is 0 Å². The van der Waals surface area contributed by atoms with Gasteiger partial charge in [0.05, 0.1) is 0 Å². The van der Waals surface area contributed by atoms with E-state index in [9.17, 15) is 0 Å². The first-order valence-corrected chi connectivity index (χ1v) is 7.50. The van der Waals surface area contributed by atoms with E-state index >= 15 is 0 Å². The summed E-state index contributed by atoms with van der Waals surface area (Å²) in [5.41, 5.74) is 2.69. The van der Waals surface area contributed by atoms with Gasteiger partial charge in [0.15, 0.2) is 0 Å². The highest BCUT2D eigenvalue weighted by molar-refractivity contribution is 9.10. The SMILES string of the molecule is CCN(Cc1ccc(CNC)cc1Br)CC(C)C. The zero-order valence-corrected chi connectivity index (χ0v) is 13.5. The highest BCUT2D eigenvalue weighted by Gasteiger charge is 2.08. The van der Waals surface area contributed by atoms with Gasteiger partial charge in [-0.2, -0.15) is 0 Å². The number of nitrogens with zero attached hydrogens (tertiary/aromatic N) is 1. The second-order valence-corrected chi connectivity index (χ2v) is 6.03. The normalized spacial score (nSPS) is 11.5. The summed E-state index contributed by atoms with van der Waals surface area (Å²) >= 11 is 3.69. The molecule has 0 amide bonds. The van der Waals surface area contributed by atoms with Crippen molar-refractivity contribution in [1.82, 2.24) is 10.2 Å². The second-order valence-electron chi connectivity index (χ2n) is 5.18. The molecule has 0 aliphatic rings. The lowest BCUT2D eigenvalue weighted by molar-refractivity contribution is 0.248. The van der Waals surface area contributed by atoms with Crippen molar-refractivity contribution >= 4 is 15.9 Å². The lowest BCUT2D eigenvalue weighted by atomic mass is 10.1. The summed E-state index contributed by atoms with van der Waals surface area (Å²) in [5.74, 6) is 0.715. The topological polar surface area (TPSA) is 15.3 Å². The van der Waals surface area contributed by atoms with Crippen LogP contribution in [0.25, 0.3) is 0 Å². The Morgan fingerprint density at radius 1 is 1.33 bits per heavy atom. The average Bonchev–Trinajstić information content (AvgIpc) is 2.31. The molecule has 2 nitrogen and oxygen atoms in total. The van der Waals surface area contributed by atoms with Crippen LogP contribution in [0.5, 0.6) is 0 Å². The highest BCUT2D eigenvalue weighted by Crippen LogP contribution is 2.20. The van der Waals surface area contributed by atoms with E-state index in [1.54, 1.807) is 0 Å². The van der Waals surface area contributed by atoms with Crippen molar-refractivity contribution < 1.29 is 0 Å². The van der Waals surface area contributed by atoms with Crippen LogP contribution in [-0.2, 0) is 13.1 Å². The monoisotopic (exact) mass is 312 g/mol. The maximum absolute atomic E-state index is 3.69. The van der Waals surface area contributed by atoms with E-state index in [4.69, 9.17) is 0 Å².